The van der Waals surface area contributed by atoms with Crippen LogP contribution in [0.3, 0.4) is 0 Å². The van der Waals surface area contributed by atoms with Crippen LogP contribution in [0, 0.1) is 5.41 Å². The van der Waals surface area contributed by atoms with E-state index in [2.05, 4.69) is 21.3 Å². The molecule has 0 saturated carbocycles. The number of piperidine rings is 1. The van der Waals surface area contributed by atoms with Gasteiger partial charge in [0.05, 0.1) is 15.5 Å². The molecule has 0 unspecified atom stereocenters. The Balaban J connectivity index is 1.69. The fourth-order valence-corrected chi connectivity index (χ4v) is 5.87. The molecule has 1 aliphatic heterocycles. The topological polar surface area (TPSA) is 129 Å². The Bertz CT molecular complexity index is 1340. The Morgan fingerprint density at radius 2 is 1.63 bits per heavy atom. The first-order valence-electron chi connectivity index (χ1n) is 15.9. The molecule has 0 radical (unpaired) electrons. The van der Waals surface area contributed by atoms with E-state index in [1.807, 2.05) is 37.3 Å². The van der Waals surface area contributed by atoms with Gasteiger partial charge in [-0.2, -0.15) is 0 Å². The van der Waals surface area contributed by atoms with Crippen LogP contribution in [0.1, 0.15) is 64.5 Å². The van der Waals surface area contributed by atoms with E-state index in [9.17, 15) is 19.2 Å². The molecule has 0 bridgehead atoms. The quantitative estimate of drug-likeness (QED) is 0.209. The number of hydrogen-bond donors (Lipinski definition) is 4. The van der Waals surface area contributed by atoms with Crippen molar-refractivity contribution in [3.05, 3.63) is 69.7 Å². The third kappa shape index (κ3) is 11.7. The number of unbranched alkanes of at least 4 members (excludes halogenated alkanes) is 1. The second kappa shape index (κ2) is 17.4. The lowest BCUT2D eigenvalue weighted by atomic mass is 9.74. The second-order valence-corrected chi connectivity index (χ2v) is 13.5. The summed E-state index contributed by atoms with van der Waals surface area (Å²) < 4.78 is 5.23. The summed E-state index contributed by atoms with van der Waals surface area (Å²) in [5, 5.41) is 12.1. The number of rotatable bonds is 13. The fourth-order valence-electron chi connectivity index (χ4n) is 5.55. The number of halogens is 2. The lowest BCUT2D eigenvalue weighted by Crippen LogP contribution is -2.59. The highest BCUT2D eigenvalue weighted by molar-refractivity contribution is 6.42. The standard InChI is InChI=1S/C34H47Cl2N5O5/c1-5-37-30(43)34(22-24-12-7-6-8-13-24)16-11-19-41(23-34)29(42)28(21-25-14-15-26(35)27(36)20-25)40-31(44)38-17-9-10-18-39-32(45)46-33(2,3)4/h6-8,12-15,20,28H,5,9-11,16-19,21-23H2,1-4H3,(H,37,43)(H,39,45)(H2,38,40,44)/t28-,34+/m1/s1. The summed E-state index contributed by atoms with van der Waals surface area (Å²) in [6.45, 7) is 9.21. The molecule has 10 nitrogen and oxygen atoms in total. The molecule has 2 aromatic carbocycles. The van der Waals surface area contributed by atoms with Crippen molar-refractivity contribution in [2.45, 2.75) is 77.9 Å². The molecule has 2 atom stereocenters. The number of carbonyl (C=O) groups excluding carboxylic acids is 4. The van der Waals surface area contributed by atoms with Crippen molar-refractivity contribution < 1.29 is 23.9 Å². The van der Waals surface area contributed by atoms with E-state index in [0.717, 1.165) is 11.1 Å². The number of alkyl carbamates (subject to hydrolysis) is 1. The van der Waals surface area contributed by atoms with Gasteiger partial charge in [0.1, 0.15) is 11.6 Å². The molecule has 46 heavy (non-hydrogen) atoms. The first kappa shape index (κ1) is 37.0. The van der Waals surface area contributed by atoms with Gasteiger partial charge < -0.3 is 30.9 Å². The Morgan fingerprint density at radius 3 is 2.28 bits per heavy atom. The van der Waals surface area contributed by atoms with Crippen LogP contribution < -0.4 is 21.3 Å². The van der Waals surface area contributed by atoms with Gasteiger partial charge in [-0.3, -0.25) is 9.59 Å². The maximum Gasteiger partial charge on any atom is 0.407 e. The molecule has 252 valence electrons. The molecule has 12 heteroatoms. The van der Waals surface area contributed by atoms with Crippen molar-refractivity contribution in [1.82, 2.24) is 26.2 Å². The smallest absolute Gasteiger partial charge is 0.407 e. The van der Waals surface area contributed by atoms with E-state index in [4.69, 9.17) is 27.9 Å². The van der Waals surface area contributed by atoms with E-state index in [0.29, 0.717) is 68.3 Å². The van der Waals surface area contributed by atoms with E-state index in [1.54, 1.807) is 43.9 Å². The molecule has 2 aromatic rings. The zero-order valence-corrected chi connectivity index (χ0v) is 28.7. The maximum absolute atomic E-state index is 14.1. The second-order valence-electron chi connectivity index (χ2n) is 12.7. The summed E-state index contributed by atoms with van der Waals surface area (Å²) in [7, 11) is 0. The molecule has 0 aliphatic carbocycles. The molecular formula is C34H47Cl2N5O5. The van der Waals surface area contributed by atoms with Crippen LogP contribution in [0.15, 0.2) is 48.5 Å². The number of amides is 5. The molecule has 1 fully saturated rings. The SMILES string of the molecule is CCNC(=O)[C@]1(Cc2ccccc2)CCCN(C(=O)[C@@H](Cc2ccc(Cl)c(Cl)c2)NC(=O)NCCCCNC(=O)OC(C)(C)C)C1. The molecule has 4 N–H and O–H groups in total. The minimum Gasteiger partial charge on any atom is -0.444 e. The lowest BCUT2D eigenvalue weighted by molar-refractivity contribution is -0.142. The molecule has 1 saturated heterocycles. The van der Waals surface area contributed by atoms with Crippen molar-refractivity contribution >= 4 is 47.1 Å². The third-order valence-corrected chi connectivity index (χ3v) is 8.42. The normalized spacial score (nSPS) is 17.0. The van der Waals surface area contributed by atoms with Crippen LogP contribution in [0.25, 0.3) is 0 Å². The lowest BCUT2D eigenvalue weighted by Gasteiger charge is -2.43. The maximum atomic E-state index is 14.1. The largest absolute Gasteiger partial charge is 0.444 e. The summed E-state index contributed by atoms with van der Waals surface area (Å²) in [4.78, 5) is 54.2. The van der Waals surface area contributed by atoms with Gasteiger partial charge in [-0.05, 0) is 83.1 Å². The molecule has 0 spiro atoms. The highest BCUT2D eigenvalue weighted by Gasteiger charge is 2.44. The first-order valence-corrected chi connectivity index (χ1v) is 16.6. The Morgan fingerprint density at radius 1 is 0.935 bits per heavy atom. The van der Waals surface area contributed by atoms with Gasteiger partial charge in [-0.15, -0.1) is 0 Å². The van der Waals surface area contributed by atoms with Gasteiger partial charge in [-0.25, -0.2) is 9.59 Å². The predicted molar refractivity (Wildman–Crippen MR) is 181 cm³/mol. The van der Waals surface area contributed by atoms with Gasteiger partial charge in [0.15, 0.2) is 0 Å². The molecule has 1 aliphatic rings. The van der Waals surface area contributed by atoms with Crippen LogP contribution >= 0.6 is 23.2 Å². The monoisotopic (exact) mass is 675 g/mol. The summed E-state index contributed by atoms with van der Waals surface area (Å²) in [5.74, 6) is -0.353. The zero-order chi connectivity index (χ0) is 33.7. The minimum absolute atomic E-state index is 0.0794. The van der Waals surface area contributed by atoms with Crippen molar-refractivity contribution in [3.8, 4) is 0 Å². The number of nitrogens with zero attached hydrogens (tertiary/aromatic N) is 1. The highest BCUT2D eigenvalue weighted by Crippen LogP contribution is 2.35. The average Bonchev–Trinajstić information content (AvgIpc) is 3.00. The number of benzene rings is 2. The molecule has 5 amide bonds. The molecular weight excluding hydrogens is 629 g/mol. The number of carbonyl (C=O) groups is 4. The number of urea groups is 1. The third-order valence-electron chi connectivity index (χ3n) is 7.68. The minimum atomic E-state index is -0.909. The van der Waals surface area contributed by atoms with Crippen LogP contribution in [0.2, 0.25) is 10.0 Å². The number of nitrogens with one attached hydrogen (secondary N) is 4. The Labute approximate surface area is 282 Å². The van der Waals surface area contributed by atoms with Crippen molar-refractivity contribution in [2.75, 3.05) is 32.7 Å². The van der Waals surface area contributed by atoms with Crippen molar-refractivity contribution in [3.63, 3.8) is 0 Å². The van der Waals surface area contributed by atoms with E-state index in [1.165, 1.54) is 0 Å². The fraction of sp³-hybridized carbons (Fsp3) is 0.529. The van der Waals surface area contributed by atoms with Crippen LogP contribution in [0.5, 0.6) is 0 Å². The zero-order valence-electron chi connectivity index (χ0n) is 27.2. The van der Waals surface area contributed by atoms with Gasteiger partial charge >= 0.3 is 12.1 Å². The van der Waals surface area contributed by atoms with Gasteiger partial charge in [0.2, 0.25) is 11.8 Å². The van der Waals surface area contributed by atoms with Crippen LogP contribution in [-0.4, -0.2) is 73.2 Å². The summed E-state index contributed by atoms with van der Waals surface area (Å²) in [6.07, 6.45) is 2.73. The predicted octanol–water partition coefficient (Wildman–Crippen LogP) is 5.50. The number of ether oxygens (including phenoxy) is 1. The Hall–Kier alpha value is -3.50. The van der Waals surface area contributed by atoms with Crippen LogP contribution in [0.4, 0.5) is 9.59 Å². The van der Waals surface area contributed by atoms with Gasteiger partial charge in [0, 0.05) is 39.1 Å². The Kier molecular flexibility index (Phi) is 14.0. The van der Waals surface area contributed by atoms with Gasteiger partial charge in [0.25, 0.3) is 0 Å². The average molecular weight is 677 g/mol. The van der Waals surface area contributed by atoms with E-state index >= 15 is 0 Å². The van der Waals surface area contributed by atoms with Crippen molar-refractivity contribution in [1.29, 1.82) is 0 Å². The summed E-state index contributed by atoms with van der Waals surface area (Å²) in [6, 6.07) is 13.5. The van der Waals surface area contributed by atoms with Crippen molar-refractivity contribution in [2.24, 2.45) is 5.41 Å². The van der Waals surface area contributed by atoms with Crippen LogP contribution in [-0.2, 0) is 27.2 Å². The number of hydrogen-bond acceptors (Lipinski definition) is 5. The van der Waals surface area contributed by atoms with Gasteiger partial charge in [-0.1, -0.05) is 59.6 Å². The highest BCUT2D eigenvalue weighted by atomic mass is 35.5. The van der Waals surface area contributed by atoms with E-state index < -0.39 is 29.2 Å². The summed E-state index contributed by atoms with van der Waals surface area (Å²) in [5.41, 5.74) is 0.385. The number of likely N-dealkylation sites (tertiary alicyclic amines) is 1. The molecule has 1 heterocycles. The first-order chi connectivity index (χ1) is 21.8. The molecule has 0 aromatic heterocycles. The molecule has 3 rings (SSSR count). The summed E-state index contributed by atoms with van der Waals surface area (Å²) >= 11 is 12.4. The van der Waals surface area contributed by atoms with E-state index in [-0.39, 0.29) is 24.8 Å².